The van der Waals surface area contributed by atoms with Gasteiger partial charge < -0.3 is 10.6 Å². The second-order valence-corrected chi connectivity index (χ2v) is 6.11. The van der Waals surface area contributed by atoms with Gasteiger partial charge in [-0.15, -0.1) is 0 Å². The lowest BCUT2D eigenvalue weighted by Crippen LogP contribution is -2.38. The second-order valence-electron chi connectivity index (χ2n) is 5.12. The molecule has 0 rings (SSSR count). The third kappa shape index (κ3) is 7.12. The van der Waals surface area contributed by atoms with Gasteiger partial charge in [0.25, 0.3) is 0 Å². The Hall–Kier alpha value is -0.220. The first-order chi connectivity index (χ1) is 7.28. The number of carbonyl (C=O) groups excluding carboxylic acids is 1. The highest BCUT2D eigenvalue weighted by atomic mass is 32.2. The van der Waals surface area contributed by atoms with Crippen LogP contribution in [0.2, 0.25) is 0 Å². The van der Waals surface area contributed by atoms with Crippen molar-refractivity contribution in [3.8, 4) is 0 Å². The maximum atomic E-state index is 11.9. The first-order valence-electron chi connectivity index (χ1n) is 5.81. The molecule has 0 radical (unpaired) electrons. The maximum Gasteiger partial charge on any atom is 0.222 e. The summed E-state index contributed by atoms with van der Waals surface area (Å²) in [6.45, 7) is 6.01. The quantitative estimate of drug-likeness (QED) is 0.748. The molecule has 1 atom stereocenters. The summed E-state index contributed by atoms with van der Waals surface area (Å²) in [5.74, 6) is 1.30. The Morgan fingerprint density at radius 3 is 2.50 bits per heavy atom. The number of nitrogens with zero attached hydrogens (tertiary/aromatic N) is 1. The SMILES string of the molecule is CSCCC(C)N(C)C(=O)CCC(C)(C)N. The molecule has 0 spiro atoms. The van der Waals surface area contributed by atoms with E-state index in [9.17, 15) is 4.79 Å². The van der Waals surface area contributed by atoms with E-state index in [-0.39, 0.29) is 11.4 Å². The fraction of sp³-hybridized carbons (Fsp3) is 0.917. The number of hydrogen-bond acceptors (Lipinski definition) is 3. The van der Waals surface area contributed by atoms with Crippen LogP contribution in [-0.4, -0.2) is 41.4 Å². The van der Waals surface area contributed by atoms with Crippen molar-refractivity contribution in [1.82, 2.24) is 4.90 Å². The number of thioether (sulfide) groups is 1. The van der Waals surface area contributed by atoms with Crippen molar-refractivity contribution in [1.29, 1.82) is 0 Å². The summed E-state index contributed by atoms with van der Waals surface area (Å²) in [6, 6.07) is 0.320. The van der Waals surface area contributed by atoms with Crippen LogP contribution in [0.5, 0.6) is 0 Å². The van der Waals surface area contributed by atoms with Gasteiger partial charge in [0.2, 0.25) is 5.91 Å². The number of carbonyl (C=O) groups is 1. The number of amides is 1. The fourth-order valence-electron chi connectivity index (χ4n) is 1.33. The molecule has 2 N–H and O–H groups in total. The zero-order chi connectivity index (χ0) is 12.8. The fourth-order valence-corrected chi connectivity index (χ4v) is 1.91. The molecule has 0 saturated heterocycles. The molecule has 0 saturated carbocycles. The van der Waals surface area contributed by atoms with Crippen LogP contribution in [-0.2, 0) is 4.79 Å². The molecule has 0 aromatic heterocycles. The molecule has 1 amide bonds. The van der Waals surface area contributed by atoms with Crippen LogP contribution in [0.1, 0.15) is 40.0 Å². The van der Waals surface area contributed by atoms with Crippen molar-refractivity contribution in [2.75, 3.05) is 19.1 Å². The van der Waals surface area contributed by atoms with Crippen LogP contribution in [0, 0.1) is 0 Å². The largest absolute Gasteiger partial charge is 0.343 e. The number of nitrogens with two attached hydrogens (primary N) is 1. The van der Waals surface area contributed by atoms with Crippen LogP contribution in [0.4, 0.5) is 0 Å². The standard InChI is InChI=1S/C12H26N2OS/c1-10(7-9-16-5)14(4)11(15)6-8-12(2,3)13/h10H,6-9,13H2,1-5H3. The summed E-state index contributed by atoms with van der Waals surface area (Å²) in [4.78, 5) is 13.7. The predicted molar refractivity (Wildman–Crippen MR) is 72.7 cm³/mol. The van der Waals surface area contributed by atoms with E-state index in [2.05, 4.69) is 13.2 Å². The lowest BCUT2D eigenvalue weighted by atomic mass is 9.99. The van der Waals surface area contributed by atoms with Crippen molar-refractivity contribution in [3.63, 3.8) is 0 Å². The molecule has 0 aromatic carbocycles. The summed E-state index contributed by atoms with van der Waals surface area (Å²) in [5, 5.41) is 0. The Balaban J connectivity index is 3.98. The van der Waals surface area contributed by atoms with Gasteiger partial charge in [-0.3, -0.25) is 4.79 Å². The van der Waals surface area contributed by atoms with Gasteiger partial charge in [0.15, 0.2) is 0 Å². The van der Waals surface area contributed by atoms with Crippen molar-refractivity contribution >= 4 is 17.7 Å². The van der Waals surface area contributed by atoms with E-state index in [1.165, 1.54) is 0 Å². The van der Waals surface area contributed by atoms with E-state index < -0.39 is 0 Å². The first kappa shape index (κ1) is 15.8. The molecule has 0 heterocycles. The molecular formula is C12H26N2OS. The number of rotatable bonds is 7. The molecule has 16 heavy (non-hydrogen) atoms. The summed E-state index contributed by atoms with van der Waals surface area (Å²) >= 11 is 1.82. The third-order valence-electron chi connectivity index (χ3n) is 2.78. The van der Waals surface area contributed by atoms with E-state index >= 15 is 0 Å². The minimum atomic E-state index is -0.251. The monoisotopic (exact) mass is 246 g/mol. The van der Waals surface area contributed by atoms with Gasteiger partial charge in [-0.1, -0.05) is 0 Å². The van der Waals surface area contributed by atoms with Gasteiger partial charge in [0.05, 0.1) is 0 Å². The molecule has 0 aliphatic heterocycles. The maximum absolute atomic E-state index is 11.9. The summed E-state index contributed by atoms with van der Waals surface area (Å²) < 4.78 is 0. The molecule has 96 valence electrons. The highest BCUT2D eigenvalue weighted by Crippen LogP contribution is 2.12. The molecule has 0 fully saturated rings. The molecule has 0 aromatic rings. The molecule has 1 unspecified atom stereocenters. The van der Waals surface area contributed by atoms with Crippen LogP contribution >= 0.6 is 11.8 Å². The normalized spacial score (nSPS) is 13.6. The lowest BCUT2D eigenvalue weighted by Gasteiger charge is -2.26. The van der Waals surface area contributed by atoms with Crippen LogP contribution < -0.4 is 5.73 Å². The Labute approximate surface area is 104 Å². The van der Waals surface area contributed by atoms with Gasteiger partial charge >= 0.3 is 0 Å². The minimum absolute atomic E-state index is 0.201. The molecule has 0 aliphatic carbocycles. The zero-order valence-electron chi connectivity index (χ0n) is 11.2. The van der Waals surface area contributed by atoms with Crippen molar-refractivity contribution < 1.29 is 4.79 Å². The second kappa shape index (κ2) is 7.17. The number of hydrogen-bond donors (Lipinski definition) is 1. The topological polar surface area (TPSA) is 46.3 Å². The van der Waals surface area contributed by atoms with Crippen molar-refractivity contribution in [3.05, 3.63) is 0 Å². The van der Waals surface area contributed by atoms with Gasteiger partial charge in [0.1, 0.15) is 0 Å². The van der Waals surface area contributed by atoms with Gasteiger partial charge in [-0.05, 0) is 45.6 Å². The van der Waals surface area contributed by atoms with Crippen LogP contribution in [0.25, 0.3) is 0 Å². The van der Waals surface area contributed by atoms with Crippen molar-refractivity contribution in [2.45, 2.75) is 51.6 Å². The average molecular weight is 246 g/mol. The zero-order valence-corrected chi connectivity index (χ0v) is 12.1. The van der Waals surface area contributed by atoms with Crippen LogP contribution in [0.3, 0.4) is 0 Å². The Morgan fingerprint density at radius 1 is 1.50 bits per heavy atom. The van der Waals surface area contributed by atoms with E-state index in [0.29, 0.717) is 12.5 Å². The van der Waals surface area contributed by atoms with E-state index in [4.69, 9.17) is 5.73 Å². The molecule has 0 bridgehead atoms. The smallest absolute Gasteiger partial charge is 0.222 e. The van der Waals surface area contributed by atoms with E-state index in [0.717, 1.165) is 18.6 Å². The molecular weight excluding hydrogens is 220 g/mol. The summed E-state index contributed by atoms with van der Waals surface area (Å²) in [6.07, 6.45) is 4.43. The first-order valence-corrected chi connectivity index (χ1v) is 7.21. The molecule has 0 aliphatic rings. The minimum Gasteiger partial charge on any atom is -0.343 e. The Kier molecular flexibility index (Phi) is 7.07. The Morgan fingerprint density at radius 2 is 2.06 bits per heavy atom. The molecule has 3 nitrogen and oxygen atoms in total. The van der Waals surface area contributed by atoms with Gasteiger partial charge in [-0.2, -0.15) is 11.8 Å². The highest BCUT2D eigenvalue weighted by molar-refractivity contribution is 7.98. The van der Waals surface area contributed by atoms with E-state index in [1.807, 2.05) is 37.6 Å². The summed E-state index contributed by atoms with van der Waals surface area (Å²) in [7, 11) is 1.89. The Bertz CT molecular complexity index is 214. The third-order valence-corrected chi connectivity index (χ3v) is 3.42. The van der Waals surface area contributed by atoms with E-state index in [1.54, 1.807) is 0 Å². The van der Waals surface area contributed by atoms with Crippen molar-refractivity contribution in [2.24, 2.45) is 5.73 Å². The van der Waals surface area contributed by atoms with Gasteiger partial charge in [-0.25, -0.2) is 0 Å². The predicted octanol–water partition coefficient (Wildman–Crippen LogP) is 2.10. The van der Waals surface area contributed by atoms with Crippen LogP contribution in [0.15, 0.2) is 0 Å². The average Bonchev–Trinajstić information content (AvgIpc) is 2.20. The highest BCUT2D eigenvalue weighted by Gasteiger charge is 2.18. The molecule has 4 heteroatoms. The van der Waals surface area contributed by atoms with Gasteiger partial charge in [0, 0.05) is 25.0 Å². The lowest BCUT2D eigenvalue weighted by molar-refractivity contribution is -0.132. The summed E-state index contributed by atoms with van der Waals surface area (Å²) in [5.41, 5.74) is 5.62.